The minimum atomic E-state index is 0.653. The Hall–Kier alpha value is -0.0100. The lowest BCUT2D eigenvalue weighted by Crippen LogP contribution is -2.23. The first-order valence-electron chi connectivity index (χ1n) is 4.29. The van der Waals surface area contributed by atoms with Crippen molar-refractivity contribution >= 4 is 11.6 Å². The molecule has 1 aliphatic carbocycles. The largest absolute Gasteiger partial charge is 0.313 e. The van der Waals surface area contributed by atoms with Gasteiger partial charge in [0.05, 0.1) is 0 Å². The van der Waals surface area contributed by atoms with Gasteiger partial charge in [0.25, 0.3) is 0 Å². The van der Waals surface area contributed by atoms with E-state index in [4.69, 9.17) is 11.6 Å². The van der Waals surface area contributed by atoms with E-state index < -0.39 is 0 Å². The molecule has 64 valence electrons. The van der Waals surface area contributed by atoms with Gasteiger partial charge in [-0.05, 0) is 24.7 Å². The molecule has 2 heteroatoms. The van der Waals surface area contributed by atoms with Gasteiger partial charge in [-0.1, -0.05) is 24.6 Å². The molecule has 1 nitrogen and oxygen atoms in total. The zero-order chi connectivity index (χ0) is 8.16. The molecular formula is C9H16ClN. The Morgan fingerprint density at radius 3 is 2.73 bits per heavy atom. The summed E-state index contributed by atoms with van der Waals surface area (Å²) in [5.41, 5.74) is 2.22. The minimum absolute atomic E-state index is 0.653. The molecule has 0 bridgehead atoms. The molecule has 1 saturated carbocycles. The first kappa shape index (κ1) is 9.08. The van der Waals surface area contributed by atoms with Gasteiger partial charge in [-0.15, -0.1) is 0 Å². The summed E-state index contributed by atoms with van der Waals surface area (Å²) < 4.78 is 0. The highest BCUT2D eigenvalue weighted by molar-refractivity contribution is 6.25. The van der Waals surface area contributed by atoms with Crippen molar-refractivity contribution in [3.05, 3.63) is 11.6 Å². The van der Waals surface area contributed by atoms with Crippen LogP contribution in [0.3, 0.4) is 0 Å². The van der Waals surface area contributed by atoms with Crippen molar-refractivity contribution in [1.82, 2.24) is 5.32 Å². The molecule has 0 unspecified atom stereocenters. The van der Waals surface area contributed by atoms with Crippen molar-refractivity contribution in [3.63, 3.8) is 0 Å². The summed E-state index contributed by atoms with van der Waals surface area (Å²) in [7, 11) is 0. The van der Waals surface area contributed by atoms with Crippen molar-refractivity contribution in [2.24, 2.45) is 5.41 Å². The van der Waals surface area contributed by atoms with E-state index in [0.717, 1.165) is 13.1 Å². The third kappa shape index (κ3) is 2.84. The predicted molar refractivity (Wildman–Crippen MR) is 49.8 cm³/mol. The van der Waals surface area contributed by atoms with Crippen LogP contribution in [0.15, 0.2) is 11.6 Å². The fourth-order valence-corrected chi connectivity index (χ4v) is 1.39. The van der Waals surface area contributed by atoms with Gasteiger partial charge in [0.15, 0.2) is 0 Å². The molecule has 0 spiro atoms. The highest BCUT2D eigenvalue weighted by Crippen LogP contribution is 2.47. The third-order valence-electron chi connectivity index (χ3n) is 2.56. The Labute approximate surface area is 73.8 Å². The molecule has 0 heterocycles. The van der Waals surface area contributed by atoms with E-state index in [1.807, 2.05) is 6.08 Å². The normalized spacial score (nSPS) is 20.9. The molecule has 0 aromatic rings. The maximum absolute atomic E-state index is 5.38. The van der Waals surface area contributed by atoms with Crippen LogP contribution in [0.25, 0.3) is 0 Å². The molecule has 0 radical (unpaired) electrons. The number of hydrogen-bond donors (Lipinski definition) is 1. The molecule has 1 rings (SSSR count). The fourth-order valence-electron chi connectivity index (χ4n) is 1.30. The van der Waals surface area contributed by atoms with Gasteiger partial charge in [-0.3, -0.25) is 0 Å². The number of hydrogen-bond acceptors (Lipinski definition) is 1. The molecule has 0 aromatic heterocycles. The number of nitrogens with one attached hydrogen (secondary N) is 1. The molecule has 0 aliphatic heterocycles. The lowest BCUT2D eigenvalue weighted by atomic mass is 10.0. The zero-order valence-electron chi connectivity index (χ0n) is 7.07. The average molecular weight is 174 g/mol. The van der Waals surface area contributed by atoms with E-state index in [1.54, 1.807) is 5.54 Å². The molecule has 11 heavy (non-hydrogen) atoms. The standard InChI is InChI=1S/C9H16ClN/c1-2-9(4-5-9)8-11-7-3-6-10/h3,6,11H,2,4-5,7-8H2,1H3/b6-3+. The Bertz CT molecular complexity index is 138. The summed E-state index contributed by atoms with van der Waals surface area (Å²) >= 11 is 5.38. The van der Waals surface area contributed by atoms with Gasteiger partial charge >= 0.3 is 0 Å². The second-order valence-corrected chi connectivity index (χ2v) is 3.60. The van der Waals surface area contributed by atoms with Crippen molar-refractivity contribution in [1.29, 1.82) is 0 Å². The molecule has 0 atom stereocenters. The summed E-state index contributed by atoms with van der Waals surface area (Å²) in [5.74, 6) is 0. The average Bonchev–Trinajstić information content (AvgIpc) is 2.80. The van der Waals surface area contributed by atoms with Crippen LogP contribution >= 0.6 is 11.6 Å². The van der Waals surface area contributed by atoms with Gasteiger partial charge in [0.2, 0.25) is 0 Å². The summed E-state index contributed by atoms with van der Waals surface area (Å²) in [4.78, 5) is 0. The van der Waals surface area contributed by atoms with Crippen molar-refractivity contribution in [3.8, 4) is 0 Å². The summed E-state index contributed by atoms with van der Waals surface area (Å²) in [6.45, 7) is 4.34. The molecule has 1 aliphatic rings. The van der Waals surface area contributed by atoms with Gasteiger partial charge in [-0.2, -0.15) is 0 Å². The van der Waals surface area contributed by atoms with Gasteiger partial charge in [0, 0.05) is 18.6 Å². The minimum Gasteiger partial charge on any atom is -0.313 e. The van der Waals surface area contributed by atoms with Crippen LogP contribution in [0.2, 0.25) is 0 Å². The van der Waals surface area contributed by atoms with Crippen LogP contribution in [0.4, 0.5) is 0 Å². The Morgan fingerprint density at radius 1 is 1.55 bits per heavy atom. The summed E-state index contributed by atoms with van der Waals surface area (Å²) in [6.07, 6.45) is 6.06. The van der Waals surface area contributed by atoms with E-state index in [-0.39, 0.29) is 0 Å². The molecule has 1 N–H and O–H groups in total. The maximum Gasteiger partial charge on any atom is 0.0146 e. The maximum atomic E-state index is 5.38. The first-order chi connectivity index (χ1) is 5.33. The second kappa shape index (κ2) is 4.13. The Morgan fingerprint density at radius 2 is 2.27 bits per heavy atom. The van der Waals surface area contributed by atoms with Crippen molar-refractivity contribution in [2.75, 3.05) is 13.1 Å². The predicted octanol–water partition coefficient (Wildman–Crippen LogP) is 2.52. The third-order valence-corrected chi connectivity index (χ3v) is 2.74. The van der Waals surface area contributed by atoms with Crippen molar-refractivity contribution < 1.29 is 0 Å². The van der Waals surface area contributed by atoms with E-state index >= 15 is 0 Å². The van der Waals surface area contributed by atoms with Crippen molar-refractivity contribution in [2.45, 2.75) is 26.2 Å². The monoisotopic (exact) mass is 173 g/mol. The lowest BCUT2D eigenvalue weighted by Gasteiger charge is -2.11. The smallest absolute Gasteiger partial charge is 0.0146 e. The van der Waals surface area contributed by atoms with Gasteiger partial charge in [-0.25, -0.2) is 0 Å². The first-order valence-corrected chi connectivity index (χ1v) is 4.72. The van der Waals surface area contributed by atoms with Crippen LogP contribution in [0.1, 0.15) is 26.2 Å². The van der Waals surface area contributed by atoms with Crippen LogP contribution in [0, 0.1) is 5.41 Å². The highest BCUT2D eigenvalue weighted by atomic mass is 35.5. The highest BCUT2D eigenvalue weighted by Gasteiger charge is 2.39. The topological polar surface area (TPSA) is 12.0 Å². The molecular weight excluding hydrogens is 158 g/mol. The Balaban J connectivity index is 2.03. The fraction of sp³-hybridized carbons (Fsp3) is 0.778. The summed E-state index contributed by atoms with van der Waals surface area (Å²) in [6, 6.07) is 0. The van der Waals surface area contributed by atoms with Crippen LogP contribution in [-0.2, 0) is 0 Å². The summed E-state index contributed by atoms with van der Waals surface area (Å²) in [5, 5.41) is 3.37. The Kier molecular flexibility index (Phi) is 3.41. The lowest BCUT2D eigenvalue weighted by molar-refractivity contribution is 0.456. The zero-order valence-corrected chi connectivity index (χ0v) is 7.82. The quantitative estimate of drug-likeness (QED) is 0.631. The van der Waals surface area contributed by atoms with Crippen LogP contribution in [-0.4, -0.2) is 13.1 Å². The molecule has 1 fully saturated rings. The van der Waals surface area contributed by atoms with E-state index in [9.17, 15) is 0 Å². The molecule has 0 saturated heterocycles. The van der Waals surface area contributed by atoms with Gasteiger partial charge < -0.3 is 5.32 Å². The molecule has 0 amide bonds. The second-order valence-electron chi connectivity index (χ2n) is 3.35. The number of halogens is 1. The van der Waals surface area contributed by atoms with Crippen LogP contribution in [0.5, 0.6) is 0 Å². The van der Waals surface area contributed by atoms with E-state index in [1.165, 1.54) is 19.3 Å². The van der Waals surface area contributed by atoms with Crippen LogP contribution < -0.4 is 5.32 Å². The van der Waals surface area contributed by atoms with Gasteiger partial charge in [0.1, 0.15) is 0 Å². The molecule has 0 aromatic carbocycles. The number of rotatable bonds is 5. The van der Waals surface area contributed by atoms with E-state index in [2.05, 4.69) is 12.2 Å². The SMILES string of the molecule is CCC1(CNC/C=C/Cl)CC1. The van der Waals surface area contributed by atoms with E-state index in [0.29, 0.717) is 5.41 Å².